The summed E-state index contributed by atoms with van der Waals surface area (Å²) in [6.07, 6.45) is 10.1. The van der Waals surface area contributed by atoms with Crippen LogP contribution in [-0.4, -0.2) is 42.8 Å². The molecule has 0 aromatic heterocycles. The molecule has 3 atom stereocenters. The molecule has 0 spiro atoms. The third-order valence-electron chi connectivity index (χ3n) is 6.21. The smallest absolute Gasteiger partial charge is 0.226 e. The Bertz CT molecular complexity index is 548. The monoisotopic (exact) mass is 325 g/mol. The van der Waals surface area contributed by atoms with Crippen LogP contribution < -0.4 is 0 Å². The Morgan fingerprint density at radius 3 is 2.23 bits per heavy atom. The van der Waals surface area contributed by atoms with Crippen LogP contribution >= 0.6 is 0 Å². The van der Waals surface area contributed by atoms with E-state index in [0.717, 1.165) is 25.2 Å². The maximum Gasteiger partial charge on any atom is 0.226 e. The minimum atomic E-state index is -2.93. The normalized spacial score (nSPS) is 37.9. The lowest BCUT2D eigenvalue weighted by molar-refractivity contribution is -0.138. The van der Waals surface area contributed by atoms with Crippen molar-refractivity contribution in [2.75, 3.05) is 11.5 Å². The second-order valence-corrected chi connectivity index (χ2v) is 10.2. The van der Waals surface area contributed by atoms with Crippen molar-refractivity contribution >= 4 is 15.7 Å². The minimum absolute atomic E-state index is 0.0407. The van der Waals surface area contributed by atoms with Gasteiger partial charge in [0.1, 0.15) is 0 Å². The van der Waals surface area contributed by atoms with Gasteiger partial charge in [-0.2, -0.15) is 0 Å². The summed E-state index contributed by atoms with van der Waals surface area (Å²) in [5.74, 6) is 2.41. The van der Waals surface area contributed by atoms with Crippen molar-refractivity contribution in [3.05, 3.63) is 0 Å². The summed E-state index contributed by atoms with van der Waals surface area (Å²) in [5, 5.41) is 0. The topological polar surface area (TPSA) is 54.5 Å². The molecule has 0 aromatic rings. The fourth-order valence-corrected chi connectivity index (χ4v) is 6.46. The molecule has 3 aliphatic carbocycles. The molecule has 1 amide bonds. The highest BCUT2D eigenvalue weighted by Gasteiger charge is 2.54. The fourth-order valence-electron chi connectivity index (χ4n) is 4.75. The first-order chi connectivity index (χ1) is 10.6. The Hall–Kier alpha value is -0.580. The van der Waals surface area contributed by atoms with Crippen LogP contribution in [0.1, 0.15) is 57.8 Å². The van der Waals surface area contributed by atoms with Crippen LogP contribution in [0.25, 0.3) is 0 Å². The largest absolute Gasteiger partial charge is 0.335 e. The average molecular weight is 325 g/mol. The summed E-state index contributed by atoms with van der Waals surface area (Å²) < 4.78 is 23.8. The summed E-state index contributed by atoms with van der Waals surface area (Å²) in [7, 11) is -2.93. The van der Waals surface area contributed by atoms with Gasteiger partial charge in [0, 0.05) is 18.0 Å². The van der Waals surface area contributed by atoms with E-state index in [1.807, 2.05) is 0 Å². The molecular weight excluding hydrogens is 298 g/mol. The van der Waals surface area contributed by atoms with E-state index in [1.54, 1.807) is 0 Å². The Balaban J connectivity index is 1.51. The molecular formula is C17H27NO3S. The van der Waals surface area contributed by atoms with Crippen molar-refractivity contribution in [3.8, 4) is 0 Å². The standard InChI is InChI=1S/C17H27NO3S/c19-17(16-10-15(16)12-6-7-12)18(13-4-2-1-3-5-13)14-8-9-22(20,21)11-14/h12-16H,1-11H2/t14-,15-,16+/m0/s1. The van der Waals surface area contributed by atoms with Gasteiger partial charge in [0.2, 0.25) is 5.91 Å². The highest BCUT2D eigenvalue weighted by molar-refractivity contribution is 7.91. The van der Waals surface area contributed by atoms with E-state index >= 15 is 0 Å². The Morgan fingerprint density at radius 2 is 1.64 bits per heavy atom. The first kappa shape index (κ1) is 15.0. The van der Waals surface area contributed by atoms with Crippen LogP contribution in [0, 0.1) is 17.8 Å². The van der Waals surface area contributed by atoms with Crippen LogP contribution in [0.4, 0.5) is 0 Å². The Morgan fingerprint density at radius 1 is 0.909 bits per heavy atom. The van der Waals surface area contributed by atoms with Gasteiger partial charge in [0.15, 0.2) is 9.84 Å². The molecule has 124 valence electrons. The molecule has 0 aromatic carbocycles. The summed E-state index contributed by atoms with van der Waals surface area (Å²) in [4.78, 5) is 15.1. The van der Waals surface area contributed by atoms with Crippen molar-refractivity contribution in [1.82, 2.24) is 4.90 Å². The van der Waals surface area contributed by atoms with E-state index in [-0.39, 0.29) is 23.5 Å². The molecule has 5 heteroatoms. The zero-order valence-corrected chi connectivity index (χ0v) is 14.1. The third-order valence-corrected chi connectivity index (χ3v) is 7.96. The SMILES string of the molecule is O=C([C@@H]1C[C@H]1C1CC1)N(C1CCCCC1)[C@H]1CCS(=O)(=O)C1. The third kappa shape index (κ3) is 2.93. The lowest BCUT2D eigenvalue weighted by Crippen LogP contribution is -2.49. The molecule has 1 saturated heterocycles. The molecule has 1 heterocycles. The summed E-state index contributed by atoms with van der Waals surface area (Å²) in [5.41, 5.74) is 0. The molecule has 4 fully saturated rings. The first-order valence-electron chi connectivity index (χ1n) is 9.08. The first-order valence-corrected chi connectivity index (χ1v) is 10.9. The maximum atomic E-state index is 13.1. The molecule has 22 heavy (non-hydrogen) atoms. The molecule has 4 rings (SSSR count). The van der Waals surface area contributed by atoms with E-state index in [1.165, 1.54) is 32.1 Å². The van der Waals surface area contributed by atoms with Crippen molar-refractivity contribution in [2.45, 2.75) is 69.9 Å². The van der Waals surface area contributed by atoms with Gasteiger partial charge in [-0.05, 0) is 50.4 Å². The van der Waals surface area contributed by atoms with Crippen LogP contribution in [-0.2, 0) is 14.6 Å². The molecule has 3 saturated carbocycles. The van der Waals surface area contributed by atoms with E-state index in [9.17, 15) is 13.2 Å². The van der Waals surface area contributed by atoms with Crippen LogP contribution in [0.2, 0.25) is 0 Å². The van der Waals surface area contributed by atoms with E-state index in [0.29, 0.717) is 24.3 Å². The van der Waals surface area contributed by atoms with Crippen LogP contribution in [0.3, 0.4) is 0 Å². The van der Waals surface area contributed by atoms with Gasteiger partial charge >= 0.3 is 0 Å². The van der Waals surface area contributed by atoms with Crippen molar-refractivity contribution in [1.29, 1.82) is 0 Å². The number of hydrogen-bond acceptors (Lipinski definition) is 3. The highest BCUT2D eigenvalue weighted by Crippen LogP contribution is 2.55. The lowest BCUT2D eigenvalue weighted by Gasteiger charge is -2.38. The van der Waals surface area contributed by atoms with Gasteiger partial charge in [-0.25, -0.2) is 8.42 Å². The number of carbonyl (C=O) groups is 1. The average Bonchev–Trinajstić information content (AvgIpc) is 3.37. The van der Waals surface area contributed by atoms with Crippen molar-refractivity contribution in [3.63, 3.8) is 0 Å². The highest BCUT2D eigenvalue weighted by atomic mass is 32.2. The zero-order valence-electron chi connectivity index (χ0n) is 13.2. The molecule has 4 nitrogen and oxygen atoms in total. The number of nitrogens with zero attached hydrogens (tertiary/aromatic N) is 1. The predicted molar refractivity (Wildman–Crippen MR) is 85.1 cm³/mol. The van der Waals surface area contributed by atoms with Gasteiger partial charge < -0.3 is 4.90 Å². The summed E-state index contributed by atoms with van der Waals surface area (Å²) in [6.45, 7) is 0. The number of hydrogen-bond donors (Lipinski definition) is 0. The van der Waals surface area contributed by atoms with E-state index in [2.05, 4.69) is 4.90 Å². The second kappa shape index (κ2) is 5.50. The second-order valence-electron chi connectivity index (χ2n) is 7.94. The number of carbonyl (C=O) groups excluding carboxylic acids is 1. The Labute approximate surface area is 133 Å². The maximum absolute atomic E-state index is 13.1. The number of rotatable bonds is 4. The number of sulfone groups is 1. The number of amides is 1. The molecule has 4 aliphatic rings. The van der Waals surface area contributed by atoms with Crippen LogP contribution in [0.5, 0.6) is 0 Å². The molecule has 0 bridgehead atoms. The molecule has 0 radical (unpaired) electrons. The predicted octanol–water partition coefficient (Wildman–Crippen LogP) is 2.38. The molecule has 0 N–H and O–H groups in total. The van der Waals surface area contributed by atoms with Gasteiger partial charge in [0.05, 0.1) is 11.5 Å². The van der Waals surface area contributed by atoms with Crippen molar-refractivity contribution < 1.29 is 13.2 Å². The van der Waals surface area contributed by atoms with E-state index in [4.69, 9.17) is 0 Å². The summed E-state index contributed by atoms with van der Waals surface area (Å²) in [6, 6.07) is 0.265. The molecule has 0 unspecified atom stereocenters. The van der Waals surface area contributed by atoms with Gasteiger partial charge in [-0.15, -0.1) is 0 Å². The fraction of sp³-hybridized carbons (Fsp3) is 0.941. The zero-order chi connectivity index (χ0) is 15.3. The molecule has 1 aliphatic heterocycles. The van der Waals surface area contributed by atoms with Crippen molar-refractivity contribution in [2.24, 2.45) is 17.8 Å². The van der Waals surface area contributed by atoms with Gasteiger partial charge in [-0.1, -0.05) is 19.3 Å². The van der Waals surface area contributed by atoms with Crippen LogP contribution in [0.15, 0.2) is 0 Å². The van der Waals surface area contributed by atoms with Gasteiger partial charge in [0.25, 0.3) is 0 Å². The minimum Gasteiger partial charge on any atom is -0.335 e. The summed E-state index contributed by atoms with van der Waals surface area (Å²) >= 11 is 0. The van der Waals surface area contributed by atoms with Gasteiger partial charge in [-0.3, -0.25) is 4.79 Å². The lowest BCUT2D eigenvalue weighted by atomic mass is 9.92. The Kier molecular flexibility index (Phi) is 3.74. The van der Waals surface area contributed by atoms with E-state index < -0.39 is 9.84 Å². The quantitative estimate of drug-likeness (QED) is 0.797.